The van der Waals surface area contributed by atoms with Gasteiger partial charge in [-0.2, -0.15) is 0 Å². The van der Waals surface area contributed by atoms with Crippen LogP contribution in [0, 0.1) is 5.92 Å². The standard InChI is InChI=1S/C16H20N2O/c17-15-9-6-13(7-10-15)8-11-16(19)18-12-14-4-2-1-3-5-14/h1-2,6-11,14H,3-5,12,17H2,(H,18,19)/b11-8+. The van der Waals surface area contributed by atoms with Crippen molar-refractivity contribution in [2.45, 2.75) is 19.3 Å². The number of carbonyl (C=O) groups excluding carboxylic acids is 1. The second kappa shape index (κ2) is 6.78. The first kappa shape index (κ1) is 13.4. The molecular weight excluding hydrogens is 236 g/mol. The Kier molecular flexibility index (Phi) is 4.78. The number of allylic oxidation sites excluding steroid dienone is 2. The molecule has 19 heavy (non-hydrogen) atoms. The summed E-state index contributed by atoms with van der Waals surface area (Å²) in [6.45, 7) is 0.759. The molecule has 2 rings (SSSR count). The maximum absolute atomic E-state index is 11.7. The average molecular weight is 256 g/mol. The topological polar surface area (TPSA) is 55.1 Å². The number of benzene rings is 1. The van der Waals surface area contributed by atoms with Gasteiger partial charge in [0.25, 0.3) is 0 Å². The van der Waals surface area contributed by atoms with Crippen LogP contribution in [0.4, 0.5) is 5.69 Å². The number of nitrogens with two attached hydrogens (primary N) is 1. The van der Waals surface area contributed by atoms with Crippen LogP contribution in [0.1, 0.15) is 24.8 Å². The Balaban J connectivity index is 1.77. The molecule has 1 aromatic carbocycles. The van der Waals surface area contributed by atoms with Crippen molar-refractivity contribution in [2.24, 2.45) is 5.92 Å². The number of nitrogen functional groups attached to an aromatic ring is 1. The Morgan fingerprint density at radius 3 is 2.79 bits per heavy atom. The van der Waals surface area contributed by atoms with E-state index in [0.29, 0.717) is 5.92 Å². The highest BCUT2D eigenvalue weighted by molar-refractivity contribution is 5.91. The highest BCUT2D eigenvalue weighted by Crippen LogP contribution is 2.16. The molecular formula is C16H20N2O. The highest BCUT2D eigenvalue weighted by atomic mass is 16.1. The quantitative estimate of drug-likeness (QED) is 0.494. The van der Waals surface area contributed by atoms with Crippen molar-refractivity contribution in [3.05, 3.63) is 48.1 Å². The number of anilines is 1. The zero-order valence-corrected chi connectivity index (χ0v) is 11.0. The summed E-state index contributed by atoms with van der Waals surface area (Å²) >= 11 is 0. The van der Waals surface area contributed by atoms with Crippen LogP contribution in [0.3, 0.4) is 0 Å². The number of hydrogen-bond donors (Lipinski definition) is 2. The number of hydrogen-bond acceptors (Lipinski definition) is 2. The monoisotopic (exact) mass is 256 g/mol. The Labute approximate surface area is 114 Å². The summed E-state index contributed by atoms with van der Waals surface area (Å²) in [6, 6.07) is 7.44. The van der Waals surface area contributed by atoms with Gasteiger partial charge in [-0.1, -0.05) is 24.3 Å². The molecule has 1 amide bonds. The number of amides is 1. The van der Waals surface area contributed by atoms with Crippen molar-refractivity contribution in [1.29, 1.82) is 0 Å². The van der Waals surface area contributed by atoms with Crippen molar-refractivity contribution in [1.82, 2.24) is 5.32 Å². The minimum absolute atomic E-state index is 0.0358. The Hall–Kier alpha value is -2.03. The number of nitrogens with one attached hydrogen (secondary N) is 1. The summed E-state index contributed by atoms with van der Waals surface area (Å²) in [7, 11) is 0. The van der Waals surface area contributed by atoms with Gasteiger partial charge in [0.15, 0.2) is 0 Å². The third-order valence-corrected chi connectivity index (χ3v) is 3.31. The molecule has 3 N–H and O–H groups in total. The van der Waals surface area contributed by atoms with Crippen LogP contribution in [0.15, 0.2) is 42.5 Å². The average Bonchev–Trinajstić information content (AvgIpc) is 2.45. The van der Waals surface area contributed by atoms with E-state index in [1.54, 1.807) is 12.2 Å². The van der Waals surface area contributed by atoms with Crippen molar-refractivity contribution in [3.8, 4) is 0 Å². The molecule has 1 aliphatic rings. The lowest BCUT2D eigenvalue weighted by Crippen LogP contribution is -2.28. The SMILES string of the molecule is Nc1ccc(/C=C/C(=O)NCC2CC=CCC2)cc1. The van der Waals surface area contributed by atoms with Gasteiger partial charge in [0.05, 0.1) is 0 Å². The fraction of sp³-hybridized carbons (Fsp3) is 0.312. The molecule has 1 atom stereocenters. The zero-order valence-electron chi connectivity index (χ0n) is 11.0. The van der Waals surface area contributed by atoms with Crippen LogP contribution >= 0.6 is 0 Å². The molecule has 0 saturated carbocycles. The van der Waals surface area contributed by atoms with Gasteiger partial charge >= 0.3 is 0 Å². The molecule has 0 fully saturated rings. The van der Waals surface area contributed by atoms with Crippen LogP contribution in [0.2, 0.25) is 0 Å². The van der Waals surface area contributed by atoms with E-state index in [0.717, 1.165) is 30.6 Å². The Bertz CT molecular complexity index is 474. The minimum Gasteiger partial charge on any atom is -0.399 e. The summed E-state index contributed by atoms with van der Waals surface area (Å²) < 4.78 is 0. The lowest BCUT2D eigenvalue weighted by molar-refractivity contribution is -0.116. The Morgan fingerprint density at radius 1 is 1.32 bits per heavy atom. The van der Waals surface area contributed by atoms with E-state index < -0.39 is 0 Å². The summed E-state index contributed by atoms with van der Waals surface area (Å²) in [5, 5.41) is 2.95. The molecule has 0 saturated heterocycles. The van der Waals surface area contributed by atoms with Crippen LogP contribution in [0.5, 0.6) is 0 Å². The first-order valence-corrected chi connectivity index (χ1v) is 6.70. The first-order valence-electron chi connectivity index (χ1n) is 6.70. The van der Waals surface area contributed by atoms with Gasteiger partial charge in [-0.25, -0.2) is 0 Å². The van der Waals surface area contributed by atoms with Crippen molar-refractivity contribution >= 4 is 17.7 Å². The van der Waals surface area contributed by atoms with Crippen molar-refractivity contribution in [2.75, 3.05) is 12.3 Å². The van der Waals surface area contributed by atoms with E-state index in [1.165, 1.54) is 6.42 Å². The second-order valence-electron chi connectivity index (χ2n) is 4.90. The van der Waals surface area contributed by atoms with Gasteiger partial charge in [0, 0.05) is 18.3 Å². The van der Waals surface area contributed by atoms with Crippen LogP contribution in [-0.4, -0.2) is 12.5 Å². The molecule has 0 bridgehead atoms. The lowest BCUT2D eigenvalue weighted by Gasteiger charge is -2.17. The van der Waals surface area contributed by atoms with Gasteiger partial charge in [0.2, 0.25) is 5.91 Å². The zero-order chi connectivity index (χ0) is 13.5. The van der Waals surface area contributed by atoms with Crippen LogP contribution in [0.25, 0.3) is 6.08 Å². The summed E-state index contributed by atoms with van der Waals surface area (Å²) in [4.78, 5) is 11.7. The second-order valence-corrected chi connectivity index (χ2v) is 4.90. The van der Waals surface area contributed by atoms with E-state index in [2.05, 4.69) is 17.5 Å². The van der Waals surface area contributed by atoms with Gasteiger partial charge in [-0.05, 0) is 49.0 Å². The van der Waals surface area contributed by atoms with Crippen LogP contribution in [-0.2, 0) is 4.79 Å². The van der Waals surface area contributed by atoms with Gasteiger partial charge < -0.3 is 11.1 Å². The molecule has 0 spiro atoms. The van der Waals surface area contributed by atoms with E-state index in [-0.39, 0.29) is 5.91 Å². The van der Waals surface area contributed by atoms with Gasteiger partial charge in [-0.15, -0.1) is 0 Å². The molecule has 3 nitrogen and oxygen atoms in total. The molecule has 100 valence electrons. The highest BCUT2D eigenvalue weighted by Gasteiger charge is 2.09. The molecule has 3 heteroatoms. The molecule has 1 aliphatic carbocycles. The predicted molar refractivity (Wildman–Crippen MR) is 79.4 cm³/mol. The number of carbonyl (C=O) groups is 1. The van der Waals surface area contributed by atoms with E-state index in [9.17, 15) is 4.79 Å². The minimum atomic E-state index is -0.0358. The van der Waals surface area contributed by atoms with Crippen molar-refractivity contribution in [3.63, 3.8) is 0 Å². The largest absolute Gasteiger partial charge is 0.399 e. The van der Waals surface area contributed by atoms with Crippen molar-refractivity contribution < 1.29 is 4.79 Å². The first-order chi connectivity index (χ1) is 9.24. The van der Waals surface area contributed by atoms with Gasteiger partial charge in [0.1, 0.15) is 0 Å². The lowest BCUT2D eigenvalue weighted by atomic mass is 9.94. The fourth-order valence-electron chi connectivity index (χ4n) is 2.12. The summed E-state index contributed by atoms with van der Waals surface area (Å²) in [5.41, 5.74) is 7.31. The van der Waals surface area contributed by atoms with E-state index in [4.69, 9.17) is 5.73 Å². The summed E-state index contributed by atoms with van der Waals surface area (Å²) in [5.74, 6) is 0.547. The molecule has 0 heterocycles. The third kappa shape index (κ3) is 4.62. The van der Waals surface area contributed by atoms with Gasteiger partial charge in [-0.3, -0.25) is 4.79 Å². The van der Waals surface area contributed by atoms with E-state index in [1.807, 2.05) is 24.3 Å². The smallest absolute Gasteiger partial charge is 0.244 e. The third-order valence-electron chi connectivity index (χ3n) is 3.31. The predicted octanol–water partition coefficient (Wildman–Crippen LogP) is 2.75. The molecule has 1 aromatic rings. The van der Waals surface area contributed by atoms with Crippen LogP contribution < -0.4 is 11.1 Å². The molecule has 0 radical (unpaired) electrons. The summed E-state index contributed by atoms with van der Waals surface area (Å²) in [6.07, 6.45) is 11.1. The normalized spacial score (nSPS) is 18.6. The fourth-order valence-corrected chi connectivity index (χ4v) is 2.12. The maximum Gasteiger partial charge on any atom is 0.244 e. The number of rotatable bonds is 4. The molecule has 1 unspecified atom stereocenters. The van der Waals surface area contributed by atoms with E-state index >= 15 is 0 Å². The molecule has 0 aliphatic heterocycles. The molecule has 0 aromatic heterocycles. The maximum atomic E-state index is 11.7. The Morgan fingerprint density at radius 2 is 2.11 bits per heavy atom.